The first-order valence-corrected chi connectivity index (χ1v) is 16.2. The number of rotatable bonds is 0. The molecule has 4 rings (SSSR count). The Morgan fingerprint density at radius 3 is 1.44 bits per heavy atom. The van der Waals surface area contributed by atoms with Crippen molar-refractivity contribution in [3.8, 4) is 11.5 Å². The van der Waals surface area contributed by atoms with E-state index >= 15 is 0 Å². The van der Waals surface area contributed by atoms with Crippen molar-refractivity contribution in [2.75, 3.05) is 0 Å². The van der Waals surface area contributed by atoms with Gasteiger partial charge in [0.15, 0.2) is 0 Å². The number of phenolic OH excluding ortho intramolecular Hbond substituents is 2. The molecule has 0 spiro atoms. The van der Waals surface area contributed by atoms with Crippen LogP contribution >= 0.6 is 0 Å². The van der Waals surface area contributed by atoms with E-state index in [4.69, 9.17) is 10.2 Å². The Bertz CT molecular complexity index is 824. The van der Waals surface area contributed by atoms with Crippen molar-refractivity contribution in [3.05, 3.63) is 108 Å². The fraction of sp³-hybridized carbons (Fsp3) is 0.231. The second-order valence-corrected chi connectivity index (χ2v) is 16.4. The van der Waals surface area contributed by atoms with Crippen LogP contribution in [-0.4, -0.2) is 15.6 Å². The molecule has 2 aromatic carbocycles. The van der Waals surface area contributed by atoms with Crippen LogP contribution in [-0.2, 0) is 23.3 Å². The summed E-state index contributed by atoms with van der Waals surface area (Å²) < 4.78 is 24.0. The molecule has 0 saturated carbocycles. The normalized spacial score (nSPS) is 12.4. The number of halogens is 2. The zero-order valence-electron chi connectivity index (χ0n) is 19.0. The minimum Gasteiger partial charge on any atom is -0.508 e. The minimum atomic E-state index is -0.331. The van der Waals surface area contributed by atoms with Gasteiger partial charge in [0.25, 0.3) is 0 Å². The second-order valence-electron chi connectivity index (χ2n) is 7.01. The summed E-state index contributed by atoms with van der Waals surface area (Å²) in [5, 5.41) is 17.2. The third-order valence-electron chi connectivity index (χ3n) is 3.39. The summed E-state index contributed by atoms with van der Waals surface area (Å²) in [5.74, 6) is -0.483. The Labute approximate surface area is 206 Å². The fourth-order valence-corrected chi connectivity index (χ4v) is 1.86. The quantitative estimate of drug-likeness (QED) is 0.278. The molecule has 0 bridgehead atoms. The largest absolute Gasteiger partial charge is 0.508 e. The number of phenols is 2. The Morgan fingerprint density at radius 2 is 1.28 bits per heavy atom. The van der Waals surface area contributed by atoms with E-state index in [2.05, 4.69) is 51.2 Å². The molecule has 0 radical (unpaired) electrons. The van der Waals surface area contributed by atoms with Crippen LogP contribution < -0.4 is 0 Å². The molecule has 2 N–H and O–H groups in total. The smallest absolute Gasteiger partial charge is 0.123 e. The van der Waals surface area contributed by atoms with Crippen molar-refractivity contribution < 1.29 is 42.3 Å². The molecule has 0 aliphatic heterocycles. The van der Waals surface area contributed by atoms with Gasteiger partial charge in [0.05, 0.1) is 0 Å². The van der Waals surface area contributed by atoms with Gasteiger partial charge in [-0.1, -0.05) is 6.92 Å². The van der Waals surface area contributed by atoms with Crippen LogP contribution in [0.25, 0.3) is 0 Å². The molecule has 0 fully saturated rings. The molecule has 2 aliphatic rings. The molecule has 168 valence electrons. The van der Waals surface area contributed by atoms with Crippen molar-refractivity contribution in [1.29, 1.82) is 0 Å². The Morgan fingerprint density at radius 1 is 0.844 bits per heavy atom. The van der Waals surface area contributed by atoms with Crippen molar-refractivity contribution in [2.45, 2.75) is 39.8 Å². The zero-order chi connectivity index (χ0) is 24.4. The van der Waals surface area contributed by atoms with E-state index in [9.17, 15) is 8.78 Å². The van der Waals surface area contributed by atoms with Crippen LogP contribution in [0.2, 0.25) is 13.1 Å². The summed E-state index contributed by atoms with van der Waals surface area (Å²) >= 11 is 1.74. The van der Waals surface area contributed by atoms with Gasteiger partial charge in [-0.3, -0.25) is 12.2 Å². The molecule has 2 aliphatic carbocycles. The van der Waals surface area contributed by atoms with E-state index in [1.807, 2.05) is 12.2 Å². The summed E-state index contributed by atoms with van der Waals surface area (Å²) in [6.07, 6.45) is 16.4. The number of aromatic hydroxyl groups is 2. The average molecular weight is 532 g/mol. The Hall–Kier alpha value is -2.04. The summed E-state index contributed by atoms with van der Waals surface area (Å²) in [5.41, 5.74) is 2.97. The van der Waals surface area contributed by atoms with E-state index < -0.39 is 0 Å². The van der Waals surface area contributed by atoms with Crippen LogP contribution in [0.15, 0.2) is 84.0 Å². The molecule has 2 aromatic rings. The molecule has 32 heavy (non-hydrogen) atoms. The average Bonchev–Trinajstić information content (AvgIpc) is 3.41. The van der Waals surface area contributed by atoms with Gasteiger partial charge < -0.3 is 10.2 Å². The predicted octanol–water partition coefficient (Wildman–Crippen LogP) is 7.24. The number of hydrogen-bond acceptors (Lipinski definition) is 2. The SMILES string of the molecule is CC1=CC=[C-]C1.CC1=CC[C-]=C1.C[Si](C)=[Zr+2].Oc1ccc(F)cc1.Oc1ccc(F)cc1. The molecule has 0 amide bonds. The summed E-state index contributed by atoms with van der Waals surface area (Å²) in [7, 11) is 0. The second kappa shape index (κ2) is 18.5. The van der Waals surface area contributed by atoms with Crippen molar-refractivity contribution in [1.82, 2.24) is 0 Å². The zero-order valence-corrected chi connectivity index (χ0v) is 22.5. The minimum absolute atomic E-state index is 0.0893. The molecule has 0 saturated heterocycles. The van der Waals surface area contributed by atoms with Crippen LogP contribution in [0, 0.1) is 23.8 Å². The van der Waals surface area contributed by atoms with E-state index in [0.717, 1.165) is 12.8 Å². The van der Waals surface area contributed by atoms with Crippen LogP contribution in [0.5, 0.6) is 11.5 Å². The molecule has 0 aromatic heterocycles. The van der Waals surface area contributed by atoms with Gasteiger partial charge in [-0.15, -0.1) is 19.8 Å². The third kappa shape index (κ3) is 19.9. The van der Waals surface area contributed by atoms with E-state index in [1.54, 1.807) is 23.3 Å². The third-order valence-corrected chi connectivity index (χ3v) is 3.39. The predicted molar refractivity (Wildman–Crippen MR) is 126 cm³/mol. The van der Waals surface area contributed by atoms with Gasteiger partial charge in [0.2, 0.25) is 0 Å². The van der Waals surface area contributed by atoms with Crippen LogP contribution in [0.1, 0.15) is 26.7 Å². The first-order valence-electron chi connectivity index (χ1n) is 9.96. The number of allylic oxidation sites excluding steroid dienone is 8. The van der Waals surface area contributed by atoms with Gasteiger partial charge >= 0.3 is 41.9 Å². The van der Waals surface area contributed by atoms with Gasteiger partial charge in [-0.05, 0) is 48.5 Å². The maximum absolute atomic E-state index is 12.0. The molecular formula is C26H30F2O2SiZr. The van der Waals surface area contributed by atoms with Crippen LogP contribution in [0.4, 0.5) is 8.78 Å². The Balaban J connectivity index is 0.000000383. The first kappa shape index (κ1) is 30.0. The van der Waals surface area contributed by atoms with Gasteiger partial charge in [0, 0.05) is 0 Å². The van der Waals surface area contributed by atoms with E-state index in [0.29, 0.717) is 0 Å². The fourth-order valence-electron chi connectivity index (χ4n) is 1.86. The molecule has 0 heterocycles. The van der Waals surface area contributed by atoms with Crippen molar-refractivity contribution in [3.63, 3.8) is 0 Å². The molecule has 6 heteroatoms. The maximum Gasteiger partial charge on any atom is 0.123 e. The molecule has 2 nitrogen and oxygen atoms in total. The van der Waals surface area contributed by atoms with Crippen molar-refractivity contribution in [2.24, 2.45) is 0 Å². The topological polar surface area (TPSA) is 40.5 Å². The van der Waals surface area contributed by atoms with Crippen LogP contribution in [0.3, 0.4) is 0 Å². The Kier molecular flexibility index (Phi) is 17.3. The number of hydrogen-bond donors (Lipinski definition) is 2. The summed E-state index contributed by atoms with van der Waals surface area (Å²) in [6.45, 7) is 8.81. The molecule has 0 unspecified atom stereocenters. The van der Waals surface area contributed by atoms with E-state index in [1.165, 1.54) is 59.7 Å². The molecule has 0 atom stereocenters. The monoisotopic (exact) mass is 530 g/mol. The standard InChI is InChI=1S/2C6H5FO.2C6H7.C2H6Si.Zr/c2*7-5-1-3-6(8)4-2-5;2*1-6-4-2-3-5-6;1-3-2;/h2*1-4,8H;4-5H,2H2,1H3;2,4H,5H2,1H3;1-2H3;/q;;2*-1;;+2. The number of benzene rings is 2. The summed E-state index contributed by atoms with van der Waals surface area (Å²) in [6, 6.07) is 10.0. The van der Waals surface area contributed by atoms with Gasteiger partial charge in [-0.25, -0.2) is 32.6 Å². The van der Waals surface area contributed by atoms with Crippen molar-refractivity contribution >= 4 is 5.43 Å². The van der Waals surface area contributed by atoms with Gasteiger partial charge in [0.1, 0.15) is 23.1 Å². The van der Waals surface area contributed by atoms with E-state index in [-0.39, 0.29) is 28.6 Å². The summed E-state index contributed by atoms with van der Waals surface area (Å²) in [4.78, 5) is 0. The van der Waals surface area contributed by atoms with Gasteiger partial charge in [-0.2, -0.15) is 11.6 Å². The maximum atomic E-state index is 12.0. The first-order chi connectivity index (χ1) is 15.1. The molecular weight excluding hydrogens is 502 g/mol.